The van der Waals surface area contributed by atoms with Crippen LogP contribution in [0.15, 0.2) is 48.5 Å². The molecule has 6 nitrogen and oxygen atoms in total. The fourth-order valence-corrected chi connectivity index (χ4v) is 2.79. The molecule has 7 heteroatoms. The van der Waals surface area contributed by atoms with E-state index < -0.39 is 4.92 Å². The Balaban J connectivity index is 1.78. The molecule has 0 unspecified atom stereocenters. The number of carbonyl (C=O) groups is 1. The number of benzene rings is 2. The van der Waals surface area contributed by atoms with E-state index in [0.717, 1.165) is 11.3 Å². The molecule has 2 aromatic rings. The molecule has 0 bridgehead atoms. The van der Waals surface area contributed by atoms with Crippen LogP contribution < -0.4 is 10.1 Å². The van der Waals surface area contributed by atoms with E-state index in [4.69, 9.17) is 4.74 Å². The summed E-state index contributed by atoms with van der Waals surface area (Å²) in [5.41, 5.74) is 1.59. The van der Waals surface area contributed by atoms with Crippen molar-refractivity contribution in [1.82, 2.24) is 0 Å². The number of nitrogens with one attached hydrogen (secondary N) is 1. The fourth-order valence-electron chi connectivity index (χ4n) is 2.02. The summed E-state index contributed by atoms with van der Waals surface area (Å²) >= 11 is 1.41. The van der Waals surface area contributed by atoms with Gasteiger partial charge < -0.3 is 10.1 Å². The van der Waals surface area contributed by atoms with Crippen LogP contribution >= 0.6 is 11.8 Å². The Morgan fingerprint density at radius 2 is 2.00 bits per heavy atom. The normalized spacial score (nSPS) is 10.2. The number of nitro benzene ring substituents is 1. The molecule has 0 radical (unpaired) electrons. The first-order valence-corrected chi connectivity index (χ1v) is 8.57. The minimum Gasteiger partial charge on any atom is -0.494 e. The van der Waals surface area contributed by atoms with E-state index in [9.17, 15) is 14.9 Å². The van der Waals surface area contributed by atoms with E-state index in [-0.39, 0.29) is 17.3 Å². The molecule has 1 amide bonds. The predicted molar refractivity (Wildman–Crippen MR) is 95.5 cm³/mol. The van der Waals surface area contributed by atoms with Gasteiger partial charge in [-0.1, -0.05) is 12.1 Å². The predicted octanol–water partition coefficient (Wildman–Crippen LogP) is 3.87. The first kappa shape index (κ1) is 17.8. The Labute approximate surface area is 144 Å². The van der Waals surface area contributed by atoms with Crippen LogP contribution in [0.5, 0.6) is 5.75 Å². The van der Waals surface area contributed by atoms with Gasteiger partial charge in [0.15, 0.2) is 0 Å². The van der Waals surface area contributed by atoms with E-state index in [1.807, 2.05) is 13.0 Å². The Kier molecular flexibility index (Phi) is 6.62. The monoisotopic (exact) mass is 346 g/mol. The van der Waals surface area contributed by atoms with Crippen LogP contribution in [0.3, 0.4) is 0 Å². The number of thioether (sulfide) groups is 1. The molecular formula is C17H18N2O4S. The van der Waals surface area contributed by atoms with Gasteiger partial charge in [0.2, 0.25) is 5.91 Å². The number of hydrogen-bond donors (Lipinski definition) is 1. The summed E-state index contributed by atoms with van der Waals surface area (Å²) < 4.78 is 5.34. The van der Waals surface area contributed by atoms with Crippen molar-refractivity contribution in [1.29, 1.82) is 0 Å². The number of anilines is 1. The summed E-state index contributed by atoms with van der Waals surface area (Å²) in [6.07, 6.45) is 0. The van der Waals surface area contributed by atoms with E-state index in [0.29, 0.717) is 18.0 Å². The number of nitro groups is 1. The zero-order valence-electron chi connectivity index (χ0n) is 13.2. The third-order valence-electron chi connectivity index (χ3n) is 3.07. The van der Waals surface area contributed by atoms with Crippen LogP contribution in [0.25, 0.3) is 0 Å². The molecule has 0 aliphatic carbocycles. The summed E-state index contributed by atoms with van der Waals surface area (Å²) in [6, 6.07) is 13.6. The minimum absolute atomic E-state index is 0.0620. The number of nitrogens with zero attached hydrogens (tertiary/aromatic N) is 1. The summed E-state index contributed by atoms with van der Waals surface area (Å²) in [7, 11) is 0. The van der Waals surface area contributed by atoms with Crippen molar-refractivity contribution >= 4 is 29.0 Å². The first-order valence-electron chi connectivity index (χ1n) is 7.42. The smallest absolute Gasteiger partial charge is 0.269 e. The molecule has 2 aromatic carbocycles. The molecular weight excluding hydrogens is 328 g/mol. The fraction of sp³-hybridized carbons (Fsp3) is 0.235. The van der Waals surface area contributed by atoms with Gasteiger partial charge in [-0.2, -0.15) is 0 Å². The zero-order valence-corrected chi connectivity index (χ0v) is 14.0. The van der Waals surface area contributed by atoms with E-state index in [1.54, 1.807) is 30.3 Å². The molecule has 0 aliphatic heterocycles. The lowest BCUT2D eigenvalue weighted by Crippen LogP contribution is -2.14. The molecule has 0 heterocycles. The quantitative estimate of drug-likeness (QED) is 0.580. The van der Waals surface area contributed by atoms with Crippen molar-refractivity contribution in [2.75, 3.05) is 17.7 Å². The highest BCUT2D eigenvalue weighted by molar-refractivity contribution is 7.99. The van der Waals surface area contributed by atoms with Crippen molar-refractivity contribution in [3.8, 4) is 5.75 Å². The van der Waals surface area contributed by atoms with Crippen molar-refractivity contribution in [3.05, 3.63) is 64.2 Å². The van der Waals surface area contributed by atoms with Gasteiger partial charge in [0, 0.05) is 23.6 Å². The SMILES string of the molecule is CCOc1ccc(NC(=O)CSCc2cccc([N+](=O)[O-])c2)cc1. The van der Waals surface area contributed by atoms with Crippen LogP contribution in [-0.4, -0.2) is 23.2 Å². The molecule has 0 spiro atoms. The maximum absolute atomic E-state index is 11.9. The first-order chi connectivity index (χ1) is 11.6. The van der Waals surface area contributed by atoms with E-state index in [1.165, 1.54) is 23.9 Å². The second-order valence-electron chi connectivity index (χ2n) is 4.93. The lowest BCUT2D eigenvalue weighted by atomic mass is 10.2. The molecule has 0 saturated carbocycles. The van der Waals surface area contributed by atoms with Crippen LogP contribution in [0.4, 0.5) is 11.4 Å². The maximum Gasteiger partial charge on any atom is 0.269 e. The van der Waals surface area contributed by atoms with Gasteiger partial charge in [-0.25, -0.2) is 0 Å². The molecule has 0 fully saturated rings. The Morgan fingerprint density at radius 1 is 1.25 bits per heavy atom. The summed E-state index contributed by atoms with van der Waals surface area (Å²) in [6.45, 7) is 2.51. The number of amides is 1. The highest BCUT2D eigenvalue weighted by Gasteiger charge is 2.07. The second-order valence-corrected chi connectivity index (χ2v) is 5.91. The lowest BCUT2D eigenvalue weighted by Gasteiger charge is -2.07. The van der Waals surface area contributed by atoms with Gasteiger partial charge in [-0.15, -0.1) is 11.8 Å². The van der Waals surface area contributed by atoms with E-state index >= 15 is 0 Å². The summed E-state index contributed by atoms with van der Waals surface area (Å²) in [4.78, 5) is 22.2. The molecule has 0 atom stereocenters. The van der Waals surface area contributed by atoms with Gasteiger partial charge in [0.25, 0.3) is 5.69 Å². The minimum atomic E-state index is -0.424. The Bertz CT molecular complexity index is 704. The van der Waals surface area contributed by atoms with Gasteiger partial charge in [0.05, 0.1) is 17.3 Å². The van der Waals surface area contributed by atoms with Gasteiger partial charge in [0.1, 0.15) is 5.75 Å². The van der Waals surface area contributed by atoms with Crippen LogP contribution in [0.1, 0.15) is 12.5 Å². The van der Waals surface area contributed by atoms with Crippen molar-refractivity contribution in [3.63, 3.8) is 0 Å². The topological polar surface area (TPSA) is 81.5 Å². The molecule has 2 rings (SSSR count). The van der Waals surface area contributed by atoms with Gasteiger partial charge in [-0.3, -0.25) is 14.9 Å². The molecule has 1 N–H and O–H groups in total. The third-order valence-corrected chi connectivity index (χ3v) is 4.08. The number of hydrogen-bond acceptors (Lipinski definition) is 5. The molecule has 126 valence electrons. The number of ether oxygens (including phenoxy) is 1. The Morgan fingerprint density at radius 3 is 2.67 bits per heavy atom. The highest BCUT2D eigenvalue weighted by atomic mass is 32.2. The number of carbonyl (C=O) groups excluding carboxylic acids is 1. The zero-order chi connectivity index (χ0) is 17.4. The maximum atomic E-state index is 11.9. The summed E-state index contributed by atoms with van der Waals surface area (Å²) in [5, 5.41) is 13.5. The average molecular weight is 346 g/mol. The standard InChI is InChI=1S/C17H18N2O4S/c1-2-23-16-8-6-14(7-9-16)18-17(20)12-24-11-13-4-3-5-15(10-13)19(21)22/h3-10H,2,11-12H2,1H3,(H,18,20). The number of non-ortho nitro benzene ring substituents is 1. The number of rotatable bonds is 8. The lowest BCUT2D eigenvalue weighted by molar-refractivity contribution is -0.384. The van der Waals surface area contributed by atoms with Crippen LogP contribution in [0, 0.1) is 10.1 Å². The molecule has 0 aromatic heterocycles. The van der Waals surface area contributed by atoms with Gasteiger partial charge >= 0.3 is 0 Å². The van der Waals surface area contributed by atoms with Crippen molar-refractivity contribution in [2.24, 2.45) is 0 Å². The van der Waals surface area contributed by atoms with E-state index in [2.05, 4.69) is 5.32 Å². The summed E-state index contributed by atoms with van der Waals surface area (Å²) in [5.74, 6) is 1.46. The third kappa shape index (κ3) is 5.58. The highest BCUT2D eigenvalue weighted by Crippen LogP contribution is 2.19. The Hall–Kier alpha value is -2.54. The van der Waals surface area contributed by atoms with Crippen LogP contribution in [-0.2, 0) is 10.5 Å². The average Bonchev–Trinajstić information content (AvgIpc) is 2.57. The second kappa shape index (κ2) is 8.93. The molecule has 24 heavy (non-hydrogen) atoms. The van der Waals surface area contributed by atoms with Crippen LogP contribution in [0.2, 0.25) is 0 Å². The molecule has 0 saturated heterocycles. The largest absolute Gasteiger partial charge is 0.494 e. The van der Waals surface area contributed by atoms with Gasteiger partial charge in [-0.05, 0) is 36.8 Å². The van der Waals surface area contributed by atoms with Crippen molar-refractivity contribution in [2.45, 2.75) is 12.7 Å². The van der Waals surface area contributed by atoms with Crippen molar-refractivity contribution < 1.29 is 14.5 Å². The molecule has 0 aliphatic rings.